The van der Waals surface area contributed by atoms with Crippen LogP contribution in [-0.2, 0) is 0 Å². The Labute approximate surface area is 138 Å². The van der Waals surface area contributed by atoms with Gasteiger partial charge in [0.2, 0.25) is 0 Å². The Morgan fingerprint density at radius 2 is 2.00 bits per heavy atom. The van der Waals surface area contributed by atoms with E-state index in [2.05, 4.69) is 47.5 Å². The van der Waals surface area contributed by atoms with Gasteiger partial charge < -0.3 is 10.6 Å². The van der Waals surface area contributed by atoms with Gasteiger partial charge in [-0.05, 0) is 40.2 Å². The Hall–Kier alpha value is -1.11. The molecule has 0 aliphatic carbocycles. The topological polar surface area (TPSA) is 54.0 Å². The van der Waals surface area contributed by atoms with Gasteiger partial charge in [-0.3, -0.25) is 4.79 Å². The second-order valence-electron chi connectivity index (χ2n) is 3.88. The number of aromatic nitrogens is 1. The zero-order valence-electron chi connectivity index (χ0n) is 10.4. The number of rotatable bonds is 3. The van der Waals surface area contributed by atoms with Gasteiger partial charge in [0.25, 0.3) is 5.91 Å². The average molecular weight is 420 g/mol. The number of amides is 1. The molecular formula is C13H10Br2ClN3O. The molecule has 4 nitrogen and oxygen atoms in total. The van der Waals surface area contributed by atoms with E-state index in [1.807, 2.05) is 0 Å². The fraction of sp³-hybridized carbons (Fsp3) is 0.0769. The maximum atomic E-state index is 12.3. The molecule has 0 unspecified atom stereocenters. The lowest BCUT2D eigenvalue weighted by Gasteiger charge is -2.10. The number of halogens is 3. The van der Waals surface area contributed by atoms with Gasteiger partial charge in [0, 0.05) is 22.2 Å². The molecule has 1 heterocycles. The summed E-state index contributed by atoms with van der Waals surface area (Å²) in [6.45, 7) is 0. The van der Waals surface area contributed by atoms with Crippen LogP contribution >= 0.6 is 43.5 Å². The Balaban J connectivity index is 2.30. The third kappa shape index (κ3) is 3.50. The summed E-state index contributed by atoms with van der Waals surface area (Å²) in [5, 5.41) is 6.10. The molecule has 0 bridgehead atoms. The smallest absolute Gasteiger partial charge is 0.259 e. The van der Waals surface area contributed by atoms with Crippen LogP contribution in [0.3, 0.4) is 0 Å². The molecule has 2 rings (SSSR count). The van der Waals surface area contributed by atoms with Crippen molar-refractivity contribution in [3.05, 3.63) is 50.0 Å². The highest BCUT2D eigenvalue weighted by Crippen LogP contribution is 2.27. The molecule has 104 valence electrons. The molecule has 1 amide bonds. The maximum Gasteiger partial charge on any atom is 0.259 e. The van der Waals surface area contributed by atoms with Crippen molar-refractivity contribution >= 4 is 60.9 Å². The lowest BCUT2D eigenvalue weighted by molar-refractivity contribution is 0.102. The Morgan fingerprint density at radius 3 is 2.65 bits per heavy atom. The van der Waals surface area contributed by atoms with Gasteiger partial charge in [-0.2, -0.15) is 0 Å². The molecule has 2 N–H and O–H groups in total. The molecule has 0 radical (unpaired) electrons. The van der Waals surface area contributed by atoms with E-state index in [0.29, 0.717) is 22.1 Å². The largest absolute Gasteiger partial charge is 0.372 e. The molecule has 0 saturated carbocycles. The molecule has 2 aromatic rings. The minimum absolute atomic E-state index is 0.285. The van der Waals surface area contributed by atoms with Crippen LogP contribution in [0.5, 0.6) is 0 Å². The molecule has 1 aromatic carbocycles. The molecule has 1 aromatic heterocycles. The second kappa shape index (κ2) is 6.56. The van der Waals surface area contributed by atoms with Crippen LogP contribution < -0.4 is 10.6 Å². The number of carbonyl (C=O) groups is 1. The van der Waals surface area contributed by atoms with Crippen molar-refractivity contribution in [3.8, 4) is 0 Å². The van der Waals surface area contributed by atoms with Crippen molar-refractivity contribution in [3.63, 3.8) is 0 Å². The summed E-state index contributed by atoms with van der Waals surface area (Å²) >= 11 is 12.7. The summed E-state index contributed by atoms with van der Waals surface area (Å²) in [6.07, 6.45) is 1.62. The molecule has 7 heteroatoms. The Kier molecular flexibility index (Phi) is 5.01. The lowest BCUT2D eigenvalue weighted by Crippen LogP contribution is -2.15. The van der Waals surface area contributed by atoms with Crippen molar-refractivity contribution in [2.75, 3.05) is 17.7 Å². The van der Waals surface area contributed by atoms with Gasteiger partial charge in [-0.15, -0.1) is 0 Å². The standard InChI is InChI=1S/C13H10Br2ClN3O/c1-17-12-9(4-8(15)6-18-12)13(20)19-11-3-2-7(14)5-10(11)16/h2-6H,1H3,(H,17,18)(H,19,20). The summed E-state index contributed by atoms with van der Waals surface area (Å²) in [6, 6.07) is 6.95. The first kappa shape index (κ1) is 15.3. The van der Waals surface area contributed by atoms with Crippen molar-refractivity contribution < 1.29 is 4.79 Å². The molecule has 0 saturated heterocycles. The number of carbonyl (C=O) groups excluding carboxylic acids is 1. The van der Waals surface area contributed by atoms with Crippen LogP contribution in [0.1, 0.15) is 10.4 Å². The number of hydrogen-bond acceptors (Lipinski definition) is 3. The molecule has 20 heavy (non-hydrogen) atoms. The highest BCUT2D eigenvalue weighted by molar-refractivity contribution is 9.10. The Bertz CT molecular complexity index is 664. The number of hydrogen-bond donors (Lipinski definition) is 2. The first-order chi connectivity index (χ1) is 9.51. The van der Waals surface area contributed by atoms with Gasteiger partial charge in [0.05, 0.1) is 16.3 Å². The first-order valence-corrected chi connectivity index (χ1v) is 7.57. The molecule has 0 aliphatic heterocycles. The number of pyridine rings is 1. The predicted octanol–water partition coefficient (Wildman–Crippen LogP) is 4.55. The second-order valence-corrected chi connectivity index (χ2v) is 6.12. The third-order valence-electron chi connectivity index (χ3n) is 2.52. The molecular weight excluding hydrogens is 409 g/mol. The van der Waals surface area contributed by atoms with Crippen LogP contribution in [0.4, 0.5) is 11.5 Å². The van der Waals surface area contributed by atoms with Gasteiger partial charge in [0.15, 0.2) is 0 Å². The zero-order chi connectivity index (χ0) is 14.7. The van der Waals surface area contributed by atoms with E-state index in [-0.39, 0.29) is 5.91 Å². The minimum Gasteiger partial charge on any atom is -0.372 e. The van der Waals surface area contributed by atoms with Crippen LogP contribution in [0, 0.1) is 0 Å². The monoisotopic (exact) mass is 417 g/mol. The van der Waals surface area contributed by atoms with Crippen LogP contribution in [0.15, 0.2) is 39.4 Å². The average Bonchev–Trinajstić information content (AvgIpc) is 2.41. The van der Waals surface area contributed by atoms with Crippen molar-refractivity contribution in [1.82, 2.24) is 4.98 Å². The number of anilines is 2. The minimum atomic E-state index is -0.285. The first-order valence-electron chi connectivity index (χ1n) is 5.61. The lowest BCUT2D eigenvalue weighted by atomic mass is 10.2. The summed E-state index contributed by atoms with van der Waals surface area (Å²) in [5.74, 6) is 0.214. The predicted molar refractivity (Wildman–Crippen MR) is 88.6 cm³/mol. The van der Waals surface area contributed by atoms with Crippen molar-refractivity contribution in [1.29, 1.82) is 0 Å². The summed E-state index contributed by atoms with van der Waals surface area (Å²) < 4.78 is 1.57. The van der Waals surface area contributed by atoms with Gasteiger partial charge in [-0.1, -0.05) is 27.5 Å². The molecule has 0 spiro atoms. The van der Waals surface area contributed by atoms with Gasteiger partial charge >= 0.3 is 0 Å². The van der Waals surface area contributed by atoms with E-state index in [4.69, 9.17) is 11.6 Å². The highest BCUT2D eigenvalue weighted by atomic mass is 79.9. The van der Waals surface area contributed by atoms with Crippen LogP contribution in [0.25, 0.3) is 0 Å². The van der Waals surface area contributed by atoms with Gasteiger partial charge in [0.1, 0.15) is 5.82 Å². The van der Waals surface area contributed by atoms with Crippen LogP contribution in [0.2, 0.25) is 5.02 Å². The normalized spacial score (nSPS) is 10.2. The van der Waals surface area contributed by atoms with E-state index in [1.54, 1.807) is 37.5 Å². The van der Waals surface area contributed by atoms with Gasteiger partial charge in [-0.25, -0.2) is 4.98 Å². The van der Waals surface area contributed by atoms with E-state index in [0.717, 1.165) is 8.95 Å². The molecule has 0 fully saturated rings. The SMILES string of the molecule is CNc1ncc(Br)cc1C(=O)Nc1ccc(Br)cc1Cl. The maximum absolute atomic E-state index is 12.3. The van der Waals surface area contributed by atoms with Crippen LogP contribution in [-0.4, -0.2) is 17.9 Å². The number of nitrogens with one attached hydrogen (secondary N) is 2. The fourth-order valence-corrected chi connectivity index (χ4v) is 2.64. The van der Waals surface area contributed by atoms with E-state index in [1.165, 1.54) is 0 Å². The Morgan fingerprint density at radius 1 is 1.25 bits per heavy atom. The van der Waals surface area contributed by atoms with E-state index < -0.39 is 0 Å². The van der Waals surface area contributed by atoms with Crippen molar-refractivity contribution in [2.45, 2.75) is 0 Å². The fourth-order valence-electron chi connectivity index (χ4n) is 1.59. The molecule has 0 aliphatic rings. The number of nitrogens with zero attached hydrogens (tertiary/aromatic N) is 1. The highest BCUT2D eigenvalue weighted by Gasteiger charge is 2.14. The summed E-state index contributed by atoms with van der Waals surface area (Å²) in [5.41, 5.74) is 0.975. The zero-order valence-corrected chi connectivity index (χ0v) is 14.3. The number of benzene rings is 1. The third-order valence-corrected chi connectivity index (χ3v) is 3.75. The quantitative estimate of drug-likeness (QED) is 0.767. The van der Waals surface area contributed by atoms with E-state index in [9.17, 15) is 4.79 Å². The molecule has 0 atom stereocenters. The summed E-state index contributed by atoms with van der Waals surface area (Å²) in [7, 11) is 1.71. The summed E-state index contributed by atoms with van der Waals surface area (Å²) in [4.78, 5) is 16.4. The van der Waals surface area contributed by atoms with E-state index >= 15 is 0 Å². The van der Waals surface area contributed by atoms with Crippen molar-refractivity contribution in [2.24, 2.45) is 0 Å².